The van der Waals surface area contributed by atoms with Crippen LogP contribution in [0.25, 0.3) is 0 Å². The second kappa shape index (κ2) is 10.2. The van der Waals surface area contributed by atoms with Gasteiger partial charge in [-0.3, -0.25) is 9.59 Å². The molecular formula is C16H24ClN3O3. The number of ether oxygens (including phenoxy) is 1. The Morgan fingerprint density at radius 2 is 2.00 bits per heavy atom. The first kappa shape index (κ1) is 19.4. The largest absolute Gasteiger partial charge is 0.375 e. The Kier molecular flexibility index (Phi) is 8.61. The highest BCUT2D eigenvalue weighted by Crippen LogP contribution is 2.03. The monoisotopic (exact) mass is 341 g/mol. The fourth-order valence-electron chi connectivity index (χ4n) is 2.36. The van der Waals surface area contributed by atoms with Gasteiger partial charge in [0.05, 0.1) is 19.3 Å². The number of morpholine rings is 1. The van der Waals surface area contributed by atoms with Crippen molar-refractivity contribution in [3.8, 4) is 0 Å². The third-order valence-electron chi connectivity index (χ3n) is 3.60. The van der Waals surface area contributed by atoms with E-state index in [1.165, 1.54) is 5.56 Å². The van der Waals surface area contributed by atoms with Crippen molar-refractivity contribution in [3.63, 3.8) is 0 Å². The lowest BCUT2D eigenvalue weighted by atomic mass is 10.1. The van der Waals surface area contributed by atoms with Gasteiger partial charge < -0.3 is 20.7 Å². The van der Waals surface area contributed by atoms with Crippen molar-refractivity contribution in [2.24, 2.45) is 0 Å². The summed E-state index contributed by atoms with van der Waals surface area (Å²) >= 11 is 0. The fourth-order valence-corrected chi connectivity index (χ4v) is 2.36. The average molecular weight is 342 g/mol. The molecule has 1 aliphatic heterocycles. The van der Waals surface area contributed by atoms with E-state index in [2.05, 4.69) is 16.0 Å². The number of nitrogens with one attached hydrogen (secondary N) is 3. The number of halogens is 1. The summed E-state index contributed by atoms with van der Waals surface area (Å²) in [5.41, 5.74) is 1.17. The maximum Gasteiger partial charge on any atom is 0.240 e. The van der Waals surface area contributed by atoms with E-state index in [0.717, 1.165) is 6.42 Å². The third kappa shape index (κ3) is 6.56. The molecule has 23 heavy (non-hydrogen) atoms. The Morgan fingerprint density at radius 1 is 1.26 bits per heavy atom. The van der Waals surface area contributed by atoms with Crippen LogP contribution in [-0.2, 0) is 20.7 Å². The lowest BCUT2D eigenvalue weighted by Crippen LogP contribution is -2.56. The van der Waals surface area contributed by atoms with Crippen molar-refractivity contribution in [1.29, 1.82) is 0 Å². The first-order valence-electron chi connectivity index (χ1n) is 7.60. The zero-order chi connectivity index (χ0) is 15.8. The number of rotatable bonds is 6. The SMILES string of the molecule is C[C@H]1OCCN[C@@H]1C(=O)NCC(=O)NCCc1ccccc1.Cl. The van der Waals surface area contributed by atoms with Gasteiger partial charge in [-0.2, -0.15) is 0 Å². The van der Waals surface area contributed by atoms with Gasteiger partial charge in [0.2, 0.25) is 11.8 Å². The number of carbonyl (C=O) groups is 2. The quantitative estimate of drug-likeness (QED) is 0.693. The molecule has 7 heteroatoms. The number of carbonyl (C=O) groups excluding carboxylic acids is 2. The van der Waals surface area contributed by atoms with Crippen molar-refractivity contribution in [2.75, 3.05) is 26.2 Å². The van der Waals surface area contributed by atoms with Gasteiger partial charge in [0.25, 0.3) is 0 Å². The van der Waals surface area contributed by atoms with Crippen molar-refractivity contribution < 1.29 is 14.3 Å². The molecule has 1 aromatic rings. The van der Waals surface area contributed by atoms with Crippen molar-refractivity contribution in [3.05, 3.63) is 35.9 Å². The van der Waals surface area contributed by atoms with E-state index < -0.39 is 6.04 Å². The molecule has 0 saturated carbocycles. The van der Waals surface area contributed by atoms with Crippen LogP contribution >= 0.6 is 12.4 Å². The summed E-state index contributed by atoms with van der Waals surface area (Å²) in [7, 11) is 0. The van der Waals surface area contributed by atoms with Gasteiger partial charge >= 0.3 is 0 Å². The van der Waals surface area contributed by atoms with Gasteiger partial charge in [-0.15, -0.1) is 12.4 Å². The molecule has 0 radical (unpaired) electrons. The normalized spacial score (nSPS) is 20.2. The Morgan fingerprint density at radius 3 is 2.70 bits per heavy atom. The van der Waals surface area contributed by atoms with Crippen LogP contribution in [0.1, 0.15) is 12.5 Å². The molecule has 2 atom stereocenters. The number of amides is 2. The molecule has 0 bridgehead atoms. The molecule has 6 nitrogen and oxygen atoms in total. The molecule has 1 heterocycles. The van der Waals surface area contributed by atoms with Crippen molar-refractivity contribution >= 4 is 24.2 Å². The number of hydrogen-bond donors (Lipinski definition) is 3. The lowest BCUT2D eigenvalue weighted by molar-refractivity contribution is -0.131. The third-order valence-corrected chi connectivity index (χ3v) is 3.60. The van der Waals surface area contributed by atoms with Crippen molar-refractivity contribution in [2.45, 2.75) is 25.5 Å². The highest BCUT2D eigenvalue weighted by atomic mass is 35.5. The van der Waals surface area contributed by atoms with E-state index in [-0.39, 0.29) is 36.9 Å². The topological polar surface area (TPSA) is 79.5 Å². The molecule has 1 aliphatic rings. The van der Waals surface area contributed by atoms with Crippen LogP contribution < -0.4 is 16.0 Å². The summed E-state index contributed by atoms with van der Waals surface area (Å²) in [5, 5.41) is 8.52. The molecule has 128 valence electrons. The Balaban J connectivity index is 0.00000264. The standard InChI is InChI=1S/C16H23N3O3.ClH/c1-12-15(18-9-10-22-12)16(21)19-11-14(20)17-8-7-13-5-3-2-4-6-13;/h2-6,12,15,18H,7-11H2,1H3,(H,17,20)(H,19,21);1H/t12-,15+;/m1./s1. The van der Waals surface area contributed by atoms with Gasteiger partial charge in [0, 0.05) is 13.1 Å². The molecule has 0 aromatic heterocycles. The lowest BCUT2D eigenvalue weighted by Gasteiger charge is -2.29. The van der Waals surface area contributed by atoms with Crippen LogP contribution in [0.15, 0.2) is 30.3 Å². The van der Waals surface area contributed by atoms with Crippen LogP contribution in [0.2, 0.25) is 0 Å². The first-order valence-corrected chi connectivity index (χ1v) is 7.60. The summed E-state index contributed by atoms with van der Waals surface area (Å²) < 4.78 is 5.41. The molecule has 0 spiro atoms. The van der Waals surface area contributed by atoms with E-state index in [1.54, 1.807) is 0 Å². The summed E-state index contributed by atoms with van der Waals surface area (Å²) in [6, 6.07) is 9.54. The van der Waals surface area contributed by atoms with Gasteiger partial charge in [0.1, 0.15) is 6.04 Å². The highest BCUT2D eigenvalue weighted by molar-refractivity contribution is 5.87. The van der Waals surface area contributed by atoms with E-state index in [4.69, 9.17) is 4.74 Å². The predicted octanol–water partition coefficient (Wildman–Crippen LogP) is 0.260. The van der Waals surface area contributed by atoms with Gasteiger partial charge in [0.15, 0.2) is 0 Å². The van der Waals surface area contributed by atoms with E-state index >= 15 is 0 Å². The summed E-state index contributed by atoms with van der Waals surface area (Å²) in [5.74, 6) is -0.390. The maximum atomic E-state index is 12.0. The summed E-state index contributed by atoms with van der Waals surface area (Å²) in [4.78, 5) is 23.7. The van der Waals surface area contributed by atoms with Crippen LogP contribution in [0.5, 0.6) is 0 Å². The molecule has 2 rings (SSSR count). The van der Waals surface area contributed by atoms with E-state index in [0.29, 0.717) is 19.7 Å². The minimum absolute atomic E-state index is 0. The zero-order valence-electron chi connectivity index (χ0n) is 13.2. The van der Waals surface area contributed by atoms with E-state index in [1.807, 2.05) is 37.3 Å². The molecule has 1 fully saturated rings. The Hall–Kier alpha value is -1.63. The predicted molar refractivity (Wildman–Crippen MR) is 90.6 cm³/mol. The van der Waals surface area contributed by atoms with Gasteiger partial charge in [-0.1, -0.05) is 30.3 Å². The van der Waals surface area contributed by atoms with Crippen molar-refractivity contribution in [1.82, 2.24) is 16.0 Å². The molecule has 0 unspecified atom stereocenters. The van der Waals surface area contributed by atoms with Crippen LogP contribution in [0, 0.1) is 0 Å². The highest BCUT2D eigenvalue weighted by Gasteiger charge is 2.28. The summed E-state index contributed by atoms with van der Waals surface area (Å²) in [6.45, 7) is 3.63. The number of hydrogen-bond acceptors (Lipinski definition) is 4. The molecule has 1 saturated heterocycles. The second-order valence-electron chi connectivity index (χ2n) is 5.31. The minimum Gasteiger partial charge on any atom is -0.375 e. The zero-order valence-corrected chi connectivity index (χ0v) is 14.0. The molecular weight excluding hydrogens is 318 g/mol. The smallest absolute Gasteiger partial charge is 0.240 e. The van der Waals surface area contributed by atoms with Crippen LogP contribution in [0.4, 0.5) is 0 Å². The van der Waals surface area contributed by atoms with Gasteiger partial charge in [-0.25, -0.2) is 0 Å². The fraction of sp³-hybridized carbons (Fsp3) is 0.500. The molecule has 1 aromatic carbocycles. The average Bonchev–Trinajstić information content (AvgIpc) is 2.54. The molecule has 2 amide bonds. The van der Waals surface area contributed by atoms with Crippen LogP contribution in [0.3, 0.4) is 0 Å². The first-order chi connectivity index (χ1) is 10.7. The molecule has 0 aliphatic carbocycles. The number of benzene rings is 1. The Bertz CT molecular complexity index is 499. The summed E-state index contributed by atoms with van der Waals surface area (Å²) in [6.07, 6.45) is 0.588. The van der Waals surface area contributed by atoms with E-state index in [9.17, 15) is 9.59 Å². The maximum absolute atomic E-state index is 12.0. The Labute approximate surface area is 142 Å². The second-order valence-corrected chi connectivity index (χ2v) is 5.31. The van der Waals surface area contributed by atoms with Gasteiger partial charge in [-0.05, 0) is 18.9 Å². The van der Waals surface area contributed by atoms with Crippen LogP contribution in [-0.4, -0.2) is 50.2 Å². The molecule has 3 N–H and O–H groups in total. The minimum atomic E-state index is -0.397.